The van der Waals surface area contributed by atoms with E-state index in [4.69, 9.17) is 10.8 Å². The third kappa shape index (κ3) is 2.10. The summed E-state index contributed by atoms with van der Waals surface area (Å²) in [7, 11) is 0. The minimum Gasteiger partial charge on any atom is -0.478 e. The molecule has 2 heterocycles. The van der Waals surface area contributed by atoms with Crippen LogP contribution in [0.3, 0.4) is 0 Å². The van der Waals surface area contributed by atoms with Gasteiger partial charge in [-0.25, -0.2) is 14.8 Å². The maximum Gasteiger partial charge on any atom is 0.335 e. The van der Waals surface area contributed by atoms with E-state index < -0.39 is 5.97 Å². The molecule has 1 unspecified atom stereocenters. The number of benzene rings is 2. The minimum absolute atomic E-state index is 0.232. The van der Waals surface area contributed by atoms with E-state index in [0.29, 0.717) is 5.95 Å². The van der Waals surface area contributed by atoms with Crippen LogP contribution in [0, 0.1) is 0 Å². The van der Waals surface area contributed by atoms with Gasteiger partial charge in [0, 0.05) is 0 Å². The second-order valence-corrected chi connectivity index (χ2v) is 5.23. The van der Waals surface area contributed by atoms with Gasteiger partial charge in [0.2, 0.25) is 5.95 Å². The van der Waals surface area contributed by atoms with Gasteiger partial charge in [0.05, 0.1) is 16.6 Å². The Labute approximate surface area is 131 Å². The Hall–Kier alpha value is -3.35. The number of para-hydroxylation sites is 2. The van der Waals surface area contributed by atoms with Crippen LogP contribution in [-0.2, 0) is 0 Å². The first-order valence-corrected chi connectivity index (χ1v) is 7.04. The Morgan fingerprint density at radius 2 is 1.91 bits per heavy atom. The highest BCUT2D eigenvalue weighted by atomic mass is 16.4. The van der Waals surface area contributed by atoms with Crippen LogP contribution in [0.1, 0.15) is 22.1 Å². The largest absolute Gasteiger partial charge is 0.478 e. The van der Waals surface area contributed by atoms with Crippen molar-refractivity contribution < 1.29 is 9.90 Å². The van der Waals surface area contributed by atoms with Crippen LogP contribution < -0.4 is 11.1 Å². The third-order valence-electron chi connectivity index (χ3n) is 3.80. The van der Waals surface area contributed by atoms with Gasteiger partial charge in [-0.3, -0.25) is 9.88 Å². The number of nitrogens with two attached hydrogens (primary N) is 1. The van der Waals surface area contributed by atoms with E-state index in [1.54, 1.807) is 24.3 Å². The highest BCUT2D eigenvalue weighted by Gasteiger charge is 2.25. The van der Waals surface area contributed by atoms with Gasteiger partial charge in [-0.15, -0.1) is 0 Å². The zero-order chi connectivity index (χ0) is 16.0. The topological polar surface area (TPSA) is 106 Å². The normalized spacial score (nSPS) is 16.5. The Morgan fingerprint density at radius 3 is 2.65 bits per heavy atom. The highest BCUT2D eigenvalue weighted by Crippen LogP contribution is 2.32. The smallest absolute Gasteiger partial charge is 0.335 e. The van der Waals surface area contributed by atoms with Crippen LogP contribution >= 0.6 is 0 Å². The molecule has 114 valence electrons. The number of aromatic carboxylic acids is 1. The molecular weight excluding hydrogens is 294 g/mol. The summed E-state index contributed by atoms with van der Waals surface area (Å²) in [6.45, 7) is 0. The van der Waals surface area contributed by atoms with E-state index in [1.807, 2.05) is 28.8 Å². The number of guanidine groups is 1. The summed E-state index contributed by atoms with van der Waals surface area (Å²) >= 11 is 0. The fraction of sp³-hybridized carbons (Fsp3) is 0.0625. The number of hydrogen-bond donors (Lipinski definition) is 3. The van der Waals surface area contributed by atoms with Gasteiger partial charge >= 0.3 is 5.97 Å². The first-order chi connectivity index (χ1) is 11.1. The van der Waals surface area contributed by atoms with Crippen molar-refractivity contribution in [3.05, 3.63) is 59.7 Å². The molecule has 3 aromatic rings. The van der Waals surface area contributed by atoms with Crippen molar-refractivity contribution in [2.75, 3.05) is 5.32 Å². The number of nitrogens with one attached hydrogen (secondary N) is 1. The molecule has 7 heteroatoms. The van der Waals surface area contributed by atoms with Crippen molar-refractivity contribution in [3.63, 3.8) is 0 Å². The second-order valence-electron chi connectivity index (χ2n) is 5.23. The third-order valence-corrected chi connectivity index (χ3v) is 3.80. The summed E-state index contributed by atoms with van der Waals surface area (Å²) in [5.41, 5.74) is 8.71. The Morgan fingerprint density at radius 1 is 1.17 bits per heavy atom. The molecule has 0 bridgehead atoms. The fourth-order valence-electron chi connectivity index (χ4n) is 2.74. The molecule has 0 aliphatic carbocycles. The second kappa shape index (κ2) is 4.84. The number of carboxylic acid groups (broad SMARTS) is 1. The van der Waals surface area contributed by atoms with E-state index in [0.717, 1.165) is 16.6 Å². The first kappa shape index (κ1) is 13.3. The van der Waals surface area contributed by atoms with Gasteiger partial charge in [0.1, 0.15) is 0 Å². The Kier molecular flexibility index (Phi) is 2.80. The summed E-state index contributed by atoms with van der Waals surface area (Å²) < 4.78 is 1.95. The molecule has 0 amide bonds. The SMILES string of the molecule is NC1=NC(c2ccc(C(=O)O)cc2)n2c(nc3ccccc32)N1. The molecule has 1 aromatic heterocycles. The molecule has 1 aliphatic rings. The van der Waals surface area contributed by atoms with Crippen molar-refractivity contribution in [1.82, 2.24) is 9.55 Å². The van der Waals surface area contributed by atoms with Crippen LogP contribution in [0.2, 0.25) is 0 Å². The molecule has 0 saturated carbocycles. The lowest BCUT2D eigenvalue weighted by molar-refractivity contribution is 0.0697. The summed E-state index contributed by atoms with van der Waals surface area (Å²) in [5.74, 6) is -0.0650. The van der Waals surface area contributed by atoms with Gasteiger partial charge in [0.25, 0.3) is 0 Å². The maximum atomic E-state index is 11.0. The van der Waals surface area contributed by atoms with Crippen LogP contribution in [0.4, 0.5) is 5.95 Å². The molecule has 4 rings (SSSR count). The molecule has 1 aliphatic heterocycles. The van der Waals surface area contributed by atoms with E-state index in [-0.39, 0.29) is 17.7 Å². The average Bonchev–Trinajstić information content (AvgIpc) is 2.92. The van der Waals surface area contributed by atoms with Crippen molar-refractivity contribution in [3.8, 4) is 0 Å². The molecule has 0 saturated heterocycles. The molecule has 1 atom stereocenters. The summed E-state index contributed by atoms with van der Waals surface area (Å²) in [6, 6.07) is 14.3. The number of aromatic nitrogens is 2. The molecule has 4 N–H and O–H groups in total. The van der Waals surface area contributed by atoms with Gasteiger partial charge in [0.15, 0.2) is 12.1 Å². The van der Waals surface area contributed by atoms with E-state index in [2.05, 4.69) is 15.3 Å². The van der Waals surface area contributed by atoms with Crippen molar-refractivity contribution >= 4 is 28.9 Å². The number of fused-ring (bicyclic) bond motifs is 3. The number of hydrogen-bond acceptors (Lipinski definition) is 5. The molecule has 0 spiro atoms. The van der Waals surface area contributed by atoms with Crippen LogP contribution in [0.15, 0.2) is 53.5 Å². The zero-order valence-corrected chi connectivity index (χ0v) is 12.0. The maximum absolute atomic E-state index is 11.0. The van der Waals surface area contributed by atoms with Gasteiger partial charge in [-0.2, -0.15) is 0 Å². The lowest BCUT2D eigenvalue weighted by Crippen LogP contribution is -2.31. The molecular formula is C16H13N5O2. The number of carbonyl (C=O) groups is 1. The monoisotopic (exact) mass is 307 g/mol. The van der Waals surface area contributed by atoms with E-state index in [1.165, 1.54) is 0 Å². The van der Waals surface area contributed by atoms with Crippen LogP contribution in [-0.4, -0.2) is 26.6 Å². The lowest BCUT2D eigenvalue weighted by atomic mass is 10.1. The quantitative estimate of drug-likeness (QED) is 0.671. The van der Waals surface area contributed by atoms with Crippen LogP contribution in [0.5, 0.6) is 0 Å². The van der Waals surface area contributed by atoms with Gasteiger partial charge in [-0.05, 0) is 29.8 Å². The standard InChI is InChI=1S/C16H13N5O2/c17-15-19-13(9-5-7-10(8-6-9)14(22)23)21-12-4-2-1-3-11(12)18-16(21)20-15/h1-8,13H,(H,22,23)(H3,17,18,19,20). The summed E-state index contributed by atoms with van der Waals surface area (Å²) in [6.07, 6.45) is -0.388. The van der Waals surface area contributed by atoms with E-state index in [9.17, 15) is 4.79 Å². The molecule has 7 nitrogen and oxygen atoms in total. The highest BCUT2D eigenvalue weighted by molar-refractivity contribution is 5.94. The number of nitrogens with zero attached hydrogens (tertiary/aromatic N) is 3. The number of anilines is 1. The number of carboxylic acids is 1. The van der Waals surface area contributed by atoms with E-state index >= 15 is 0 Å². The van der Waals surface area contributed by atoms with Crippen LogP contribution in [0.25, 0.3) is 11.0 Å². The molecule has 0 fully saturated rings. The number of imidazole rings is 1. The predicted octanol–water partition coefficient (Wildman–Crippen LogP) is 2.02. The average molecular weight is 307 g/mol. The number of rotatable bonds is 2. The van der Waals surface area contributed by atoms with Gasteiger partial charge in [-0.1, -0.05) is 24.3 Å². The van der Waals surface area contributed by atoms with Gasteiger partial charge < -0.3 is 10.8 Å². The number of aliphatic imine (C=N–C) groups is 1. The summed E-state index contributed by atoms with van der Waals surface area (Å²) in [5, 5.41) is 12.0. The predicted molar refractivity (Wildman–Crippen MR) is 86.5 cm³/mol. The Bertz CT molecular complexity index is 943. The molecule has 0 radical (unpaired) electrons. The van der Waals surface area contributed by atoms with Crippen molar-refractivity contribution in [2.24, 2.45) is 10.7 Å². The Balaban J connectivity index is 1.88. The lowest BCUT2D eigenvalue weighted by Gasteiger charge is -2.23. The first-order valence-electron chi connectivity index (χ1n) is 7.04. The van der Waals surface area contributed by atoms with Crippen molar-refractivity contribution in [1.29, 1.82) is 0 Å². The summed E-state index contributed by atoms with van der Waals surface area (Å²) in [4.78, 5) is 20.0. The molecule has 23 heavy (non-hydrogen) atoms. The van der Waals surface area contributed by atoms with Crippen molar-refractivity contribution in [2.45, 2.75) is 6.17 Å². The minimum atomic E-state index is -0.960. The fourth-order valence-corrected chi connectivity index (χ4v) is 2.74. The zero-order valence-electron chi connectivity index (χ0n) is 12.0. The molecule has 2 aromatic carbocycles.